The van der Waals surface area contributed by atoms with Gasteiger partial charge in [0.15, 0.2) is 0 Å². The highest BCUT2D eigenvalue weighted by atomic mass is 19.4. The third kappa shape index (κ3) is 7.94. The summed E-state index contributed by atoms with van der Waals surface area (Å²) in [6, 6.07) is 15.2. The lowest BCUT2D eigenvalue weighted by Gasteiger charge is -2.09. The molecule has 0 aromatic heterocycles. The summed E-state index contributed by atoms with van der Waals surface area (Å²) in [6.45, 7) is 11.2. The zero-order valence-electron chi connectivity index (χ0n) is 12.4. The maximum atomic E-state index is 11.9. The Kier molecular flexibility index (Phi) is 9.11. The molecule has 0 aliphatic heterocycles. The van der Waals surface area contributed by atoms with Crippen LogP contribution < -0.4 is 4.74 Å². The standard InChI is InChI=1S/C13H9F3O.C3H6.C2H4/c14-13(15,16)17-12-8-6-11(7-9-12)10-4-2-1-3-5-10;1-3-2;1-2/h1-9H;3H,1H2,2H3;1-2H2. The van der Waals surface area contributed by atoms with Gasteiger partial charge in [-0.1, -0.05) is 48.5 Å². The molecule has 2 aromatic rings. The van der Waals surface area contributed by atoms with Crippen molar-refractivity contribution in [3.8, 4) is 16.9 Å². The van der Waals surface area contributed by atoms with E-state index in [-0.39, 0.29) is 5.75 Å². The molecule has 0 unspecified atom stereocenters. The lowest BCUT2D eigenvalue weighted by atomic mass is 10.1. The summed E-state index contributed by atoms with van der Waals surface area (Å²) >= 11 is 0. The van der Waals surface area contributed by atoms with Crippen molar-refractivity contribution in [3.63, 3.8) is 0 Å². The quantitative estimate of drug-likeness (QED) is 0.596. The van der Waals surface area contributed by atoms with Gasteiger partial charge < -0.3 is 4.74 Å². The van der Waals surface area contributed by atoms with Crippen LogP contribution in [0, 0.1) is 0 Å². The van der Waals surface area contributed by atoms with E-state index in [9.17, 15) is 13.2 Å². The maximum Gasteiger partial charge on any atom is 0.573 e. The molecule has 0 amide bonds. The van der Waals surface area contributed by atoms with Crippen molar-refractivity contribution in [2.24, 2.45) is 0 Å². The van der Waals surface area contributed by atoms with E-state index in [1.165, 1.54) is 12.1 Å². The number of hydrogen-bond donors (Lipinski definition) is 0. The highest BCUT2D eigenvalue weighted by molar-refractivity contribution is 5.63. The first kappa shape index (κ1) is 19.5. The van der Waals surface area contributed by atoms with E-state index in [4.69, 9.17) is 0 Å². The highest BCUT2D eigenvalue weighted by Crippen LogP contribution is 2.26. The van der Waals surface area contributed by atoms with Crippen molar-refractivity contribution in [2.45, 2.75) is 13.3 Å². The smallest absolute Gasteiger partial charge is 0.406 e. The molecule has 118 valence electrons. The first-order valence-electron chi connectivity index (χ1n) is 6.44. The van der Waals surface area contributed by atoms with E-state index in [2.05, 4.69) is 24.5 Å². The maximum absolute atomic E-state index is 11.9. The first-order chi connectivity index (χ1) is 10.5. The Morgan fingerprint density at radius 2 is 1.27 bits per heavy atom. The topological polar surface area (TPSA) is 9.23 Å². The van der Waals surface area contributed by atoms with Crippen LogP contribution in [0.25, 0.3) is 11.1 Å². The van der Waals surface area contributed by atoms with Gasteiger partial charge in [-0.2, -0.15) is 0 Å². The van der Waals surface area contributed by atoms with Gasteiger partial charge in [0.05, 0.1) is 0 Å². The Bertz CT molecular complexity index is 531. The second-order valence-electron chi connectivity index (χ2n) is 3.85. The van der Waals surface area contributed by atoms with Crippen molar-refractivity contribution in [2.75, 3.05) is 0 Å². The lowest BCUT2D eigenvalue weighted by molar-refractivity contribution is -0.274. The molecule has 1 nitrogen and oxygen atoms in total. The average molecular weight is 308 g/mol. The van der Waals surface area contributed by atoms with Crippen LogP contribution in [0.15, 0.2) is 80.4 Å². The SMILES string of the molecule is C=C.C=CC.FC(F)(F)Oc1ccc(-c2ccccc2)cc1. The molecule has 0 spiro atoms. The van der Waals surface area contributed by atoms with E-state index in [0.717, 1.165) is 11.1 Å². The predicted octanol–water partition coefficient (Wildman–Crippen LogP) is 6.25. The van der Waals surface area contributed by atoms with E-state index < -0.39 is 6.36 Å². The Morgan fingerprint density at radius 3 is 1.68 bits per heavy atom. The van der Waals surface area contributed by atoms with E-state index in [1.54, 1.807) is 18.2 Å². The van der Waals surface area contributed by atoms with E-state index in [1.807, 2.05) is 37.3 Å². The Balaban J connectivity index is 0.000000789. The number of rotatable bonds is 2. The number of benzene rings is 2. The van der Waals surface area contributed by atoms with Crippen LogP contribution in [0.1, 0.15) is 6.92 Å². The normalized spacial score (nSPS) is 9.45. The summed E-state index contributed by atoms with van der Waals surface area (Å²) in [5.41, 5.74) is 1.80. The highest BCUT2D eigenvalue weighted by Gasteiger charge is 2.30. The molecule has 0 heterocycles. The van der Waals surface area contributed by atoms with Crippen LogP contribution in [0.4, 0.5) is 13.2 Å². The summed E-state index contributed by atoms with van der Waals surface area (Å²) in [7, 11) is 0. The van der Waals surface area contributed by atoms with Crippen LogP contribution >= 0.6 is 0 Å². The fourth-order valence-corrected chi connectivity index (χ4v) is 1.48. The monoisotopic (exact) mass is 308 g/mol. The van der Waals surface area contributed by atoms with Crippen LogP contribution in [0.3, 0.4) is 0 Å². The van der Waals surface area contributed by atoms with E-state index >= 15 is 0 Å². The summed E-state index contributed by atoms with van der Waals surface area (Å²) in [5.74, 6) is -0.211. The third-order valence-corrected chi connectivity index (χ3v) is 2.20. The molecular formula is C18H19F3O. The van der Waals surface area contributed by atoms with Crippen molar-refractivity contribution < 1.29 is 17.9 Å². The van der Waals surface area contributed by atoms with Crippen LogP contribution in [-0.2, 0) is 0 Å². The Morgan fingerprint density at radius 1 is 0.864 bits per heavy atom. The molecule has 2 rings (SSSR count). The molecule has 0 N–H and O–H groups in total. The number of alkyl halides is 3. The summed E-state index contributed by atoms with van der Waals surface area (Å²) in [6.07, 6.45) is -2.89. The van der Waals surface area contributed by atoms with Gasteiger partial charge in [0, 0.05) is 0 Å². The van der Waals surface area contributed by atoms with Gasteiger partial charge in [0.1, 0.15) is 5.75 Å². The minimum absolute atomic E-state index is 0.211. The number of halogens is 3. The number of ether oxygens (including phenoxy) is 1. The molecule has 0 aliphatic carbocycles. The van der Waals surface area contributed by atoms with Crippen LogP contribution in [-0.4, -0.2) is 6.36 Å². The van der Waals surface area contributed by atoms with Crippen molar-refractivity contribution in [1.82, 2.24) is 0 Å². The molecule has 0 atom stereocenters. The van der Waals surface area contributed by atoms with Gasteiger partial charge in [-0.25, -0.2) is 0 Å². The second kappa shape index (κ2) is 10.3. The second-order valence-corrected chi connectivity index (χ2v) is 3.85. The molecule has 0 bridgehead atoms. The summed E-state index contributed by atoms with van der Waals surface area (Å²) in [5, 5.41) is 0. The van der Waals surface area contributed by atoms with Crippen molar-refractivity contribution >= 4 is 0 Å². The molecule has 0 saturated heterocycles. The van der Waals surface area contributed by atoms with Gasteiger partial charge in [0.2, 0.25) is 0 Å². The molecule has 4 heteroatoms. The minimum atomic E-state index is -4.64. The molecule has 22 heavy (non-hydrogen) atoms. The fraction of sp³-hybridized carbons (Fsp3) is 0.111. The molecule has 0 radical (unpaired) electrons. The molecule has 0 fully saturated rings. The van der Waals surface area contributed by atoms with Gasteiger partial charge in [0.25, 0.3) is 0 Å². The number of allylic oxidation sites excluding steroid dienone is 1. The average Bonchev–Trinajstić information content (AvgIpc) is 2.50. The zero-order valence-corrected chi connectivity index (χ0v) is 12.4. The zero-order chi connectivity index (χ0) is 17.0. The third-order valence-electron chi connectivity index (χ3n) is 2.20. The molecule has 0 aliphatic rings. The minimum Gasteiger partial charge on any atom is -0.406 e. The molecule has 2 aromatic carbocycles. The van der Waals surface area contributed by atoms with Gasteiger partial charge in [-0.3, -0.25) is 0 Å². The van der Waals surface area contributed by atoms with Gasteiger partial charge >= 0.3 is 6.36 Å². The van der Waals surface area contributed by atoms with Crippen LogP contribution in [0.5, 0.6) is 5.75 Å². The van der Waals surface area contributed by atoms with Crippen LogP contribution in [0.2, 0.25) is 0 Å². The van der Waals surface area contributed by atoms with Crippen molar-refractivity contribution in [1.29, 1.82) is 0 Å². The number of hydrogen-bond acceptors (Lipinski definition) is 1. The van der Waals surface area contributed by atoms with E-state index in [0.29, 0.717) is 0 Å². The van der Waals surface area contributed by atoms with Gasteiger partial charge in [-0.15, -0.1) is 32.9 Å². The molecular weight excluding hydrogens is 289 g/mol. The summed E-state index contributed by atoms with van der Waals surface area (Å²) in [4.78, 5) is 0. The fourth-order valence-electron chi connectivity index (χ4n) is 1.48. The lowest BCUT2D eigenvalue weighted by Crippen LogP contribution is -2.16. The largest absolute Gasteiger partial charge is 0.573 e. The Hall–Kier alpha value is -2.49. The Labute approximate surface area is 129 Å². The predicted molar refractivity (Wildman–Crippen MR) is 85.7 cm³/mol. The summed E-state index contributed by atoms with van der Waals surface area (Å²) < 4.78 is 39.6. The van der Waals surface area contributed by atoms with Crippen molar-refractivity contribution in [3.05, 3.63) is 80.4 Å². The first-order valence-corrected chi connectivity index (χ1v) is 6.44. The molecule has 0 saturated carbocycles. The van der Waals surface area contributed by atoms with Gasteiger partial charge in [-0.05, 0) is 30.2 Å².